The Morgan fingerprint density at radius 2 is 1.81 bits per heavy atom. The second-order valence-corrected chi connectivity index (χ2v) is 6.08. The SMILES string of the molecule is COc1cc(N)c(NC(C)c2sc(C)nc2C)cc1OC. The molecule has 3 N–H and O–H groups in total. The maximum Gasteiger partial charge on any atom is 0.162 e. The summed E-state index contributed by atoms with van der Waals surface area (Å²) in [6.45, 7) is 6.13. The van der Waals surface area contributed by atoms with Gasteiger partial charge in [0.1, 0.15) is 0 Å². The lowest BCUT2D eigenvalue weighted by molar-refractivity contribution is 0.355. The van der Waals surface area contributed by atoms with Crippen LogP contribution in [-0.4, -0.2) is 19.2 Å². The number of aromatic nitrogens is 1. The van der Waals surface area contributed by atoms with Gasteiger partial charge in [0.05, 0.1) is 42.3 Å². The Bertz CT molecular complexity index is 640. The predicted octanol–water partition coefficient (Wildman–Crippen LogP) is 3.53. The van der Waals surface area contributed by atoms with Gasteiger partial charge in [-0.1, -0.05) is 0 Å². The van der Waals surface area contributed by atoms with Crippen molar-refractivity contribution in [2.24, 2.45) is 0 Å². The molecule has 0 aliphatic carbocycles. The monoisotopic (exact) mass is 307 g/mol. The summed E-state index contributed by atoms with van der Waals surface area (Å²) in [7, 11) is 3.20. The Balaban J connectivity index is 2.28. The minimum absolute atomic E-state index is 0.122. The molecule has 1 heterocycles. The summed E-state index contributed by atoms with van der Waals surface area (Å²) < 4.78 is 10.6. The average Bonchev–Trinajstić information content (AvgIpc) is 2.79. The van der Waals surface area contributed by atoms with E-state index >= 15 is 0 Å². The van der Waals surface area contributed by atoms with Crippen molar-refractivity contribution in [2.45, 2.75) is 26.8 Å². The Labute approximate surface area is 129 Å². The van der Waals surface area contributed by atoms with E-state index in [1.165, 1.54) is 4.88 Å². The highest BCUT2D eigenvalue weighted by molar-refractivity contribution is 7.11. The van der Waals surface area contributed by atoms with E-state index in [9.17, 15) is 0 Å². The fraction of sp³-hybridized carbons (Fsp3) is 0.400. The van der Waals surface area contributed by atoms with Gasteiger partial charge in [-0.3, -0.25) is 0 Å². The molecule has 0 bridgehead atoms. The first-order valence-electron chi connectivity index (χ1n) is 6.68. The van der Waals surface area contributed by atoms with E-state index in [0.717, 1.165) is 16.4 Å². The number of hydrogen-bond donors (Lipinski definition) is 2. The molecule has 0 fully saturated rings. The van der Waals surface area contributed by atoms with Crippen molar-refractivity contribution in [3.8, 4) is 11.5 Å². The van der Waals surface area contributed by atoms with Crippen LogP contribution < -0.4 is 20.5 Å². The number of nitrogen functional groups attached to an aromatic ring is 1. The van der Waals surface area contributed by atoms with Gasteiger partial charge in [0, 0.05) is 17.0 Å². The maximum absolute atomic E-state index is 6.08. The van der Waals surface area contributed by atoms with Crippen molar-refractivity contribution < 1.29 is 9.47 Å². The smallest absolute Gasteiger partial charge is 0.162 e. The molecule has 0 amide bonds. The number of nitrogens with one attached hydrogen (secondary N) is 1. The fourth-order valence-corrected chi connectivity index (χ4v) is 3.20. The van der Waals surface area contributed by atoms with Crippen molar-refractivity contribution in [1.29, 1.82) is 0 Å². The first-order valence-corrected chi connectivity index (χ1v) is 7.49. The van der Waals surface area contributed by atoms with Crippen LogP contribution in [0.3, 0.4) is 0 Å². The van der Waals surface area contributed by atoms with Crippen LogP contribution in [0.2, 0.25) is 0 Å². The molecule has 0 radical (unpaired) electrons. The number of benzene rings is 1. The standard InChI is InChI=1S/C15H21N3O2S/c1-8-15(21-10(3)17-8)9(2)18-12-7-14(20-5)13(19-4)6-11(12)16/h6-7,9,18H,16H2,1-5H3. The first kappa shape index (κ1) is 15.4. The number of nitrogens with zero attached hydrogens (tertiary/aromatic N) is 1. The zero-order chi connectivity index (χ0) is 15.6. The highest BCUT2D eigenvalue weighted by atomic mass is 32.1. The average molecular weight is 307 g/mol. The van der Waals surface area contributed by atoms with Crippen LogP contribution in [-0.2, 0) is 0 Å². The number of rotatable bonds is 5. The van der Waals surface area contributed by atoms with Gasteiger partial charge in [-0.05, 0) is 20.8 Å². The number of nitrogens with two attached hydrogens (primary N) is 1. The van der Waals surface area contributed by atoms with Gasteiger partial charge < -0.3 is 20.5 Å². The summed E-state index contributed by atoms with van der Waals surface area (Å²) in [4.78, 5) is 5.67. The summed E-state index contributed by atoms with van der Waals surface area (Å²) in [5.74, 6) is 1.27. The summed E-state index contributed by atoms with van der Waals surface area (Å²) in [5.41, 5.74) is 8.58. The van der Waals surface area contributed by atoms with Crippen molar-refractivity contribution in [3.63, 3.8) is 0 Å². The van der Waals surface area contributed by atoms with Crippen LogP contribution in [0.25, 0.3) is 0 Å². The van der Waals surface area contributed by atoms with E-state index < -0.39 is 0 Å². The summed E-state index contributed by atoms with van der Waals surface area (Å²) >= 11 is 1.69. The molecule has 114 valence electrons. The largest absolute Gasteiger partial charge is 0.493 e. The molecular formula is C15H21N3O2S. The van der Waals surface area contributed by atoms with E-state index in [1.54, 1.807) is 31.6 Å². The zero-order valence-electron chi connectivity index (χ0n) is 13.0. The number of aryl methyl sites for hydroxylation is 2. The molecule has 0 saturated carbocycles. The second-order valence-electron chi connectivity index (χ2n) is 4.84. The van der Waals surface area contributed by atoms with Gasteiger partial charge in [-0.15, -0.1) is 11.3 Å². The zero-order valence-corrected chi connectivity index (χ0v) is 13.8. The molecule has 1 unspecified atom stereocenters. The molecule has 21 heavy (non-hydrogen) atoms. The van der Waals surface area contributed by atoms with E-state index in [0.29, 0.717) is 17.2 Å². The second kappa shape index (κ2) is 6.22. The summed E-state index contributed by atoms with van der Waals surface area (Å²) in [6, 6.07) is 3.74. The van der Waals surface area contributed by atoms with E-state index in [1.807, 2.05) is 19.9 Å². The van der Waals surface area contributed by atoms with Crippen LogP contribution >= 0.6 is 11.3 Å². The Kier molecular flexibility index (Phi) is 4.57. The van der Waals surface area contributed by atoms with Crippen molar-refractivity contribution in [3.05, 3.63) is 27.7 Å². The fourth-order valence-electron chi connectivity index (χ4n) is 2.27. The van der Waals surface area contributed by atoms with Gasteiger partial charge in [0.15, 0.2) is 11.5 Å². The van der Waals surface area contributed by atoms with Crippen LogP contribution in [0.5, 0.6) is 11.5 Å². The molecule has 0 aliphatic heterocycles. The number of hydrogen-bond acceptors (Lipinski definition) is 6. The Hall–Kier alpha value is -1.95. The molecule has 1 atom stereocenters. The lowest BCUT2D eigenvalue weighted by atomic mass is 10.2. The lowest BCUT2D eigenvalue weighted by Gasteiger charge is -2.18. The van der Waals surface area contributed by atoms with Crippen LogP contribution in [0.1, 0.15) is 28.5 Å². The molecule has 0 spiro atoms. The molecule has 2 aromatic rings. The minimum Gasteiger partial charge on any atom is -0.493 e. The molecule has 1 aromatic heterocycles. The third-order valence-electron chi connectivity index (χ3n) is 3.26. The van der Waals surface area contributed by atoms with E-state index in [-0.39, 0.29) is 6.04 Å². The molecule has 2 rings (SSSR count). The van der Waals surface area contributed by atoms with Gasteiger partial charge in [0.2, 0.25) is 0 Å². The van der Waals surface area contributed by atoms with Gasteiger partial charge in [-0.2, -0.15) is 0 Å². The molecule has 6 heteroatoms. The number of anilines is 2. The Morgan fingerprint density at radius 3 is 2.33 bits per heavy atom. The molecular weight excluding hydrogens is 286 g/mol. The summed E-state index contributed by atoms with van der Waals surface area (Å²) in [6.07, 6.45) is 0. The molecule has 1 aromatic carbocycles. The van der Waals surface area contributed by atoms with Crippen LogP contribution in [0.4, 0.5) is 11.4 Å². The first-order chi connectivity index (χ1) is 9.96. The highest BCUT2D eigenvalue weighted by Gasteiger charge is 2.16. The number of thiazole rings is 1. The van der Waals surface area contributed by atoms with Gasteiger partial charge >= 0.3 is 0 Å². The van der Waals surface area contributed by atoms with Gasteiger partial charge in [0.25, 0.3) is 0 Å². The quantitative estimate of drug-likeness (QED) is 0.827. The lowest BCUT2D eigenvalue weighted by Crippen LogP contribution is -2.08. The highest BCUT2D eigenvalue weighted by Crippen LogP contribution is 2.37. The minimum atomic E-state index is 0.122. The van der Waals surface area contributed by atoms with Crippen LogP contribution in [0, 0.1) is 13.8 Å². The molecule has 0 aliphatic rings. The van der Waals surface area contributed by atoms with Crippen molar-refractivity contribution in [1.82, 2.24) is 4.98 Å². The van der Waals surface area contributed by atoms with Crippen LogP contribution in [0.15, 0.2) is 12.1 Å². The van der Waals surface area contributed by atoms with E-state index in [4.69, 9.17) is 15.2 Å². The third kappa shape index (κ3) is 3.21. The molecule has 0 saturated heterocycles. The van der Waals surface area contributed by atoms with Crippen molar-refractivity contribution in [2.75, 3.05) is 25.3 Å². The van der Waals surface area contributed by atoms with E-state index in [2.05, 4.69) is 17.2 Å². The maximum atomic E-state index is 6.08. The number of methoxy groups -OCH3 is 2. The normalized spacial score (nSPS) is 12.0. The summed E-state index contributed by atoms with van der Waals surface area (Å²) in [5, 5.41) is 4.48. The topological polar surface area (TPSA) is 69.4 Å². The van der Waals surface area contributed by atoms with Gasteiger partial charge in [-0.25, -0.2) is 4.98 Å². The molecule has 5 nitrogen and oxygen atoms in total. The predicted molar refractivity (Wildman–Crippen MR) is 87.6 cm³/mol. The third-order valence-corrected chi connectivity index (χ3v) is 4.52. The Morgan fingerprint density at radius 1 is 1.19 bits per heavy atom. The van der Waals surface area contributed by atoms with Crippen molar-refractivity contribution >= 4 is 22.7 Å². The number of ether oxygens (including phenoxy) is 2.